The van der Waals surface area contributed by atoms with Crippen LogP contribution in [0.1, 0.15) is 41.4 Å². The molecule has 3 nitrogen and oxygen atoms in total. The van der Waals surface area contributed by atoms with Gasteiger partial charge in [-0.3, -0.25) is 4.79 Å². The third-order valence-corrected chi connectivity index (χ3v) is 5.22. The summed E-state index contributed by atoms with van der Waals surface area (Å²) in [6.07, 6.45) is 1.33. The molecule has 0 radical (unpaired) electrons. The number of halogens is 1. The number of hydrogen-bond donors (Lipinski definition) is 1. The van der Waals surface area contributed by atoms with Crippen LogP contribution in [0.2, 0.25) is 0 Å². The Kier molecular flexibility index (Phi) is 5.62. The van der Waals surface area contributed by atoms with E-state index in [0.29, 0.717) is 6.42 Å². The monoisotopic (exact) mass is 336 g/mol. The van der Waals surface area contributed by atoms with E-state index in [4.69, 9.17) is 5.73 Å². The molecule has 1 aromatic heterocycles. The minimum absolute atomic E-state index is 0. The van der Waals surface area contributed by atoms with E-state index in [1.807, 2.05) is 35.2 Å². The standard InChI is InChI=1S/C17H20N2OS.ClH/c1-12-14-8-10-21-16(14)7-9-19(12)17(20)11-15(18)13-5-3-2-4-6-13;/h2-6,8,10,12,15H,7,9,11,18H2,1H3;1H. The second-order valence-corrected chi connectivity index (χ2v) is 6.53. The van der Waals surface area contributed by atoms with Gasteiger partial charge in [0.25, 0.3) is 0 Å². The highest BCUT2D eigenvalue weighted by Gasteiger charge is 2.29. The summed E-state index contributed by atoms with van der Waals surface area (Å²) >= 11 is 1.79. The van der Waals surface area contributed by atoms with Gasteiger partial charge in [-0.15, -0.1) is 23.7 Å². The Labute approximate surface area is 141 Å². The predicted octanol–water partition coefficient (Wildman–Crippen LogP) is 3.71. The average Bonchev–Trinajstić information content (AvgIpc) is 2.98. The van der Waals surface area contributed by atoms with E-state index in [1.165, 1.54) is 10.4 Å². The van der Waals surface area contributed by atoms with Crippen molar-refractivity contribution >= 4 is 29.7 Å². The topological polar surface area (TPSA) is 46.3 Å². The van der Waals surface area contributed by atoms with E-state index in [-0.39, 0.29) is 30.4 Å². The number of amides is 1. The largest absolute Gasteiger partial charge is 0.335 e. The van der Waals surface area contributed by atoms with E-state index in [9.17, 15) is 4.79 Å². The lowest BCUT2D eigenvalue weighted by Crippen LogP contribution is -2.39. The Morgan fingerprint density at radius 3 is 2.82 bits per heavy atom. The minimum Gasteiger partial charge on any atom is -0.335 e. The maximum Gasteiger partial charge on any atom is 0.224 e. The number of hydrogen-bond acceptors (Lipinski definition) is 3. The average molecular weight is 337 g/mol. The number of carbonyl (C=O) groups is 1. The highest BCUT2D eigenvalue weighted by atomic mass is 35.5. The lowest BCUT2D eigenvalue weighted by atomic mass is 9.99. The zero-order valence-corrected chi connectivity index (χ0v) is 14.2. The Hall–Kier alpha value is -1.36. The number of nitrogens with two attached hydrogens (primary N) is 1. The molecule has 2 unspecified atom stereocenters. The van der Waals surface area contributed by atoms with Gasteiger partial charge in [0.2, 0.25) is 5.91 Å². The molecule has 2 N–H and O–H groups in total. The van der Waals surface area contributed by atoms with Crippen molar-refractivity contribution in [2.75, 3.05) is 6.54 Å². The normalized spacial score (nSPS) is 18.3. The Morgan fingerprint density at radius 2 is 2.09 bits per heavy atom. The molecule has 2 atom stereocenters. The van der Waals surface area contributed by atoms with Gasteiger partial charge < -0.3 is 10.6 Å². The first-order chi connectivity index (χ1) is 10.2. The van der Waals surface area contributed by atoms with Gasteiger partial charge in [-0.2, -0.15) is 0 Å². The fourth-order valence-electron chi connectivity index (χ4n) is 2.97. The smallest absolute Gasteiger partial charge is 0.224 e. The Balaban J connectivity index is 0.00000176. The van der Waals surface area contributed by atoms with Gasteiger partial charge in [-0.1, -0.05) is 30.3 Å². The maximum atomic E-state index is 12.6. The summed E-state index contributed by atoms with van der Waals surface area (Å²) in [7, 11) is 0. The summed E-state index contributed by atoms with van der Waals surface area (Å²) in [5.41, 5.74) is 8.50. The van der Waals surface area contributed by atoms with Crippen LogP contribution in [-0.4, -0.2) is 17.4 Å². The molecule has 1 aliphatic rings. The molecule has 2 heterocycles. The van der Waals surface area contributed by atoms with Crippen molar-refractivity contribution in [3.05, 3.63) is 57.8 Å². The van der Waals surface area contributed by atoms with E-state index in [1.54, 1.807) is 11.3 Å². The summed E-state index contributed by atoms with van der Waals surface area (Å²) in [5.74, 6) is 0.149. The van der Waals surface area contributed by atoms with Crippen LogP contribution in [0.25, 0.3) is 0 Å². The molecule has 0 saturated carbocycles. The van der Waals surface area contributed by atoms with Gasteiger partial charge in [-0.25, -0.2) is 0 Å². The van der Waals surface area contributed by atoms with Crippen LogP contribution in [-0.2, 0) is 11.2 Å². The van der Waals surface area contributed by atoms with Crippen molar-refractivity contribution in [1.29, 1.82) is 0 Å². The van der Waals surface area contributed by atoms with Crippen LogP contribution in [0.15, 0.2) is 41.8 Å². The number of carbonyl (C=O) groups excluding carboxylic acids is 1. The zero-order chi connectivity index (χ0) is 14.8. The predicted molar refractivity (Wildman–Crippen MR) is 93.4 cm³/mol. The summed E-state index contributed by atoms with van der Waals surface area (Å²) in [4.78, 5) is 16.0. The van der Waals surface area contributed by atoms with Crippen molar-refractivity contribution in [3.63, 3.8) is 0 Å². The molecular weight excluding hydrogens is 316 g/mol. The number of thiophene rings is 1. The molecule has 118 valence electrons. The van der Waals surface area contributed by atoms with E-state index in [0.717, 1.165) is 18.5 Å². The fraction of sp³-hybridized carbons (Fsp3) is 0.353. The summed E-state index contributed by atoms with van der Waals surface area (Å²) in [5, 5.41) is 2.12. The van der Waals surface area contributed by atoms with Crippen LogP contribution >= 0.6 is 23.7 Å². The third-order valence-electron chi connectivity index (χ3n) is 4.22. The van der Waals surface area contributed by atoms with Crippen molar-refractivity contribution in [3.8, 4) is 0 Å². The van der Waals surface area contributed by atoms with E-state index in [2.05, 4.69) is 18.4 Å². The van der Waals surface area contributed by atoms with Crippen LogP contribution in [0.3, 0.4) is 0 Å². The summed E-state index contributed by atoms with van der Waals surface area (Å²) < 4.78 is 0. The Bertz CT molecular complexity index is 629. The molecule has 1 aliphatic heterocycles. The summed E-state index contributed by atoms with van der Waals surface area (Å²) in [6, 6.07) is 11.9. The van der Waals surface area contributed by atoms with Gasteiger partial charge in [0.1, 0.15) is 0 Å². The first-order valence-electron chi connectivity index (χ1n) is 7.33. The Morgan fingerprint density at radius 1 is 1.36 bits per heavy atom. The molecule has 0 spiro atoms. The zero-order valence-electron chi connectivity index (χ0n) is 12.6. The molecule has 1 amide bonds. The molecule has 3 rings (SSSR count). The molecule has 0 saturated heterocycles. The lowest BCUT2D eigenvalue weighted by molar-refractivity contribution is -0.134. The first-order valence-corrected chi connectivity index (χ1v) is 8.21. The summed E-state index contributed by atoms with van der Waals surface area (Å²) in [6.45, 7) is 2.91. The molecule has 0 aliphatic carbocycles. The van der Waals surface area contributed by atoms with Crippen LogP contribution in [0, 0.1) is 0 Å². The van der Waals surface area contributed by atoms with Gasteiger partial charge in [0.15, 0.2) is 0 Å². The van der Waals surface area contributed by atoms with Crippen LogP contribution in [0.4, 0.5) is 0 Å². The van der Waals surface area contributed by atoms with Crippen molar-refractivity contribution in [2.24, 2.45) is 5.73 Å². The van der Waals surface area contributed by atoms with Crippen LogP contribution in [0.5, 0.6) is 0 Å². The molecule has 0 fully saturated rings. The lowest BCUT2D eigenvalue weighted by Gasteiger charge is -2.34. The second kappa shape index (κ2) is 7.27. The highest BCUT2D eigenvalue weighted by molar-refractivity contribution is 7.10. The molecule has 2 aromatic rings. The van der Waals surface area contributed by atoms with E-state index >= 15 is 0 Å². The quantitative estimate of drug-likeness (QED) is 0.928. The molecular formula is C17H21ClN2OS. The van der Waals surface area contributed by atoms with E-state index < -0.39 is 0 Å². The first kappa shape index (κ1) is 17.0. The molecule has 0 bridgehead atoms. The van der Waals surface area contributed by atoms with Crippen LogP contribution < -0.4 is 5.73 Å². The van der Waals surface area contributed by atoms with Crippen molar-refractivity contribution < 1.29 is 4.79 Å². The van der Waals surface area contributed by atoms with Crippen molar-refractivity contribution in [2.45, 2.75) is 31.8 Å². The highest BCUT2D eigenvalue weighted by Crippen LogP contribution is 2.33. The fourth-order valence-corrected chi connectivity index (χ4v) is 3.94. The maximum absolute atomic E-state index is 12.6. The molecule has 5 heteroatoms. The number of fused-ring (bicyclic) bond motifs is 1. The number of rotatable bonds is 3. The number of benzene rings is 1. The minimum atomic E-state index is -0.227. The van der Waals surface area contributed by atoms with Crippen molar-refractivity contribution in [1.82, 2.24) is 4.90 Å². The van der Waals surface area contributed by atoms with Gasteiger partial charge >= 0.3 is 0 Å². The van der Waals surface area contributed by atoms with Gasteiger partial charge in [-0.05, 0) is 35.9 Å². The molecule has 22 heavy (non-hydrogen) atoms. The van der Waals surface area contributed by atoms with Gasteiger partial charge in [0, 0.05) is 23.9 Å². The number of nitrogens with zero attached hydrogens (tertiary/aromatic N) is 1. The van der Waals surface area contributed by atoms with Gasteiger partial charge in [0.05, 0.1) is 6.04 Å². The molecule has 1 aromatic carbocycles. The third kappa shape index (κ3) is 3.35. The second-order valence-electron chi connectivity index (χ2n) is 5.53. The SMILES string of the molecule is CC1c2ccsc2CCN1C(=O)CC(N)c1ccccc1.Cl.